The van der Waals surface area contributed by atoms with Gasteiger partial charge in [-0.1, -0.05) is 17.3 Å². The van der Waals surface area contributed by atoms with Crippen LogP contribution in [0.15, 0.2) is 30.5 Å². The smallest absolute Gasteiger partial charge is 0.234 e. The molecule has 0 aliphatic carbocycles. The summed E-state index contributed by atoms with van der Waals surface area (Å²) in [4.78, 5) is 13.4. The minimum absolute atomic E-state index is 0.0218. The number of hydrogen-bond donors (Lipinski definition) is 1. The molecular weight excluding hydrogens is 285 g/mol. The maximum Gasteiger partial charge on any atom is 0.234 e. The molecule has 0 saturated carbocycles. The van der Waals surface area contributed by atoms with Gasteiger partial charge in [0.2, 0.25) is 5.91 Å². The van der Waals surface area contributed by atoms with E-state index in [1.54, 1.807) is 16.8 Å². The molecule has 22 heavy (non-hydrogen) atoms. The Morgan fingerprint density at radius 1 is 1.36 bits per heavy atom. The van der Waals surface area contributed by atoms with E-state index in [9.17, 15) is 9.18 Å². The highest BCUT2D eigenvalue weighted by Gasteiger charge is 2.18. The zero-order valence-corrected chi connectivity index (χ0v) is 12.4. The number of nitrogens with zero attached hydrogens (tertiary/aromatic N) is 4. The number of aromatic nitrogens is 3. The van der Waals surface area contributed by atoms with Gasteiger partial charge in [-0.05, 0) is 24.6 Å². The average molecular weight is 303 g/mol. The Morgan fingerprint density at radius 2 is 2.14 bits per heavy atom. The number of nitrogens with one attached hydrogen (secondary N) is 1. The summed E-state index contributed by atoms with van der Waals surface area (Å²) in [6.45, 7) is 4.45. The van der Waals surface area contributed by atoms with Gasteiger partial charge in [0.15, 0.2) is 0 Å². The van der Waals surface area contributed by atoms with E-state index in [-0.39, 0.29) is 17.8 Å². The highest BCUT2D eigenvalue weighted by Crippen LogP contribution is 2.17. The summed E-state index contributed by atoms with van der Waals surface area (Å²) in [6.07, 6.45) is 1.88. The molecule has 3 rings (SSSR count). The van der Waals surface area contributed by atoms with E-state index in [1.807, 2.05) is 18.0 Å². The quantitative estimate of drug-likeness (QED) is 0.914. The minimum atomic E-state index is -0.251. The van der Waals surface area contributed by atoms with Crippen molar-refractivity contribution < 1.29 is 9.18 Å². The van der Waals surface area contributed by atoms with Gasteiger partial charge in [-0.25, -0.2) is 9.07 Å². The fraction of sp³-hybridized carbons (Fsp3) is 0.400. The average Bonchev–Trinajstić information content (AvgIpc) is 2.96. The Balaban J connectivity index is 1.67. The first kappa shape index (κ1) is 14.6. The Bertz CT molecular complexity index is 654. The molecule has 2 heterocycles. The Morgan fingerprint density at radius 3 is 2.86 bits per heavy atom. The van der Waals surface area contributed by atoms with Crippen LogP contribution in [0, 0.1) is 5.82 Å². The van der Waals surface area contributed by atoms with E-state index in [0.29, 0.717) is 19.6 Å². The molecule has 1 aliphatic rings. The maximum atomic E-state index is 13.0. The van der Waals surface area contributed by atoms with Crippen LogP contribution in [0.1, 0.15) is 24.2 Å². The summed E-state index contributed by atoms with van der Waals surface area (Å²) >= 11 is 0. The first-order valence-electron chi connectivity index (χ1n) is 7.27. The van der Waals surface area contributed by atoms with Gasteiger partial charge in [-0.3, -0.25) is 9.69 Å². The number of piperazine rings is 1. The van der Waals surface area contributed by atoms with Crippen LogP contribution in [-0.2, 0) is 11.3 Å². The van der Waals surface area contributed by atoms with Crippen molar-refractivity contribution in [2.45, 2.75) is 19.5 Å². The zero-order chi connectivity index (χ0) is 15.5. The molecule has 1 amide bonds. The Hall–Kier alpha value is -2.28. The Labute approximate surface area is 127 Å². The maximum absolute atomic E-state index is 13.0. The van der Waals surface area contributed by atoms with Crippen molar-refractivity contribution in [1.29, 1.82) is 0 Å². The predicted molar refractivity (Wildman–Crippen MR) is 78.5 cm³/mol. The number of rotatable bonds is 4. The summed E-state index contributed by atoms with van der Waals surface area (Å²) in [5.41, 5.74) is 1.79. The molecule has 1 atom stereocenters. The largest absolute Gasteiger partial charge is 0.354 e. The number of amides is 1. The fourth-order valence-corrected chi connectivity index (χ4v) is 2.52. The van der Waals surface area contributed by atoms with Gasteiger partial charge in [0.25, 0.3) is 0 Å². The summed E-state index contributed by atoms with van der Waals surface area (Å²) < 4.78 is 14.7. The zero-order valence-electron chi connectivity index (χ0n) is 12.4. The van der Waals surface area contributed by atoms with Crippen LogP contribution >= 0.6 is 0 Å². The van der Waals surface area contributed by atoms with Crippen LogP contribution in [0.25, 0.3) is 0 Å². The van der Waals surface area contributed by atoms with Crippen molar-refractivity contribution in [3.05, 3.63) is 47.5 Å². The third-order valence-electron chi connectivity index (χ3n) is 3.81. The second-order valence-electron chi connectivity index (χ2n) is 5.48. The normalized spacial score (nSPS) is 17.3. The van der Waals surface area contributed by atoms with Crippen molar-refractivity contribution in [3.8, 4) is 0 Å². The van der Waals surface area contributed by atoms with E-state index in [1.165, 1.54) is 12.1 Å². The molecule has 1 aromatic carbocycles. The van der Waals surface area contributed by atoms with Crippen molar-refractivity contribution in [2.75, 3.05) is 19.6 Å². The van der Waals surface area contributed by atoms with Gasteiger partial charge in [-0.15, -0.1) is 5.10 Å². The van der Waals surface area contributed by atoms with Crippen LogP contribution in [-0.4, -0.2) is 45.4 Å². The molecule has 1 aliphatic heterocycles. The minimum Gasteiger partial charge on any atom is -0.354 e. The summed E-state index contributed by atoms with van der Waals surface area (Å²) in [7, 11) is 0. The molecule has 0 radical (unpaired) electrons. The van der Waals surface area contributed by atoms with Crippen LogP contribution in [0.2, 0.25) is 0 Å². The molecule has 1 fully saturated rings. The molecule has 0 spiro atoms. The lowest BCUT2D eigenvalue weighted by Gasteiger charge is -2.25. The topological polar surface area (TPSA) is 63.0 Å². The molecule has 6 nitrogen and oxygen atoms in total. The fourth-order valence-electron chi connectivity index (χ4n) is 2.52. The second-order valence-corrected chi connectivity index (χ2v) is 5.48. The summed E-state index contributed by atoms with van der Waals surface area (Å²) in [5.74, 6) is -0.211. The Kier molecular flexibility index (Phi) is 4.15. The SMILES string of the molecule is CC(c1ccc(F)cc1)n1cc(CN2CCNC(=O)C2)nn1. The van der Waals surface area contributed by atoms with E-state index in [4.69, 9.17) is 0 Å². The van der Waals surface area contributed by atoms with Gasteiger partial charge in [-0.2, -0.15) is 0 Å². The molecule has 2 aromatic rings. The van der Waals surface area contributed by atoms with Gasteiger partial charge >= 0.3 is 0 Å². The van der Waals surface area contributed by atoms with Crippen LogP contribution in [0.4, 0.5) is 4.39 Å². The molecule has 7 heteroatoms. The van der Waals surface area contributed by atoms with Crippen molar-refractivity contribution in [1.82, 2.24) is 25.2 Å². The standard InChI is InChI=1S/C15H18FN5O/c1-11(12-2-4-13(16)5-3-12)21-9-14(18-19-21)8-20-7-6-17-15(22)10-20/h2-5,9,11H,6-8,10H2,1H3,(H,17,22). The lowest BCUT2D eigenvalue weighted by molar-refractivity contribution is -0.124. The molecule has 1 N–H and O–H groups in total. The third-order valence-corrected chi connectivity index (χ3v) is 3.81. The molecule has 1 saturated heterocycles. The first-order valence-corrected chi connectivity index (χ1v) is 7.27. The number of benzene rings is 1. The summed E-state index contributed by atoms with van der Waals surface area (Å²) in [5, 5.41) is 11.1. The van der Waals surface area contributed by atoms with Gasteiger partial charge in [0.05, 0.1) is 24.5 Å². The first-order chi connectivity index (χ1) is 10.6. The van der Waals surface area contributed by atoms with Gasteiger partial charge in [0, 0.05) is 19.6 Å². The van der Waals surface area contributed by atoms with E-state index in [2.05, 4.69) is 15.6 Å². The number of carbonyl (C=O) groups excluding carboxylic acids is 1. The van der Waals surface area contributed by atoms with Crippen LogP contribution < -0.4 is 5.32 Å². The number of halogens is 1. The molecular formula is C15H18FN5O. The highest BCUT2D eigenvalue weighted by atomic mass is 19.1. The molecule has 1 aromatic heterocycles. The van der Waals surface area contributed by atoms with Gasteiger partial charge in [0.1, 0.15) is 5.82 Å². The number of hydrogen-bond acceptors (Lipinski definition) is 4. The molecule has 116 valence electrons. The number of carbonyl (C=O) groups is 1. The monoisotopic (exact) mass is 303 g/mol. The van der Waals surface area contributed by atoms with Crippen molar-refractivity contribution in [3.63, 3.8) is 0 Å². The molecule has 0 bridgehead atoms. The van der Waals surface area contributed by atoms with E-state index >= 15 is 0 Å². The molecule has 1 unspecified atom stereocenters. The van der Waals surface area contributed by atoms with E-state index < -0.39 is 0 Å². The third kappa shape index (κ3) is 3.30. The van der Waals surface area contributed by atoms with Gasteiger partial charge < -0.3 is 5.32 Å². The highest BCUT2D eigenvalue weighted by molar-refractivity contribution is 5.78. The summed E-state index contributed by atoms with van der Waals surface area (Å²) in [6, 6.07) is 6.35. The van der Waals surface area contributed by atoms with Crippen molar-refractivity contribution in [2.24, 2.45) is 0 Å². The second kappa shape index (κ2) is 6.23. The van der Waals surface area contributed by atoms with Crippen molar-refractivity contribution >= 4 is 5.91 Å². The van der Waals surface area contributed by atoms with E-state index in [0.717, 1.165) is 17.8 Å². The predicted octanol–water partition coefficient (Wildman–Crippen LogP) is 0.958. The lowest BCUT2D eigenvalue weighted by atomic mass is 10.1. The van der Waals surface area contributed by atoms with Crippen LogP contribution in [0.5, 0.6) is 0 Å². The lowest BCUT2D eigenvalue weighted by Crippen LogP contribution is -2.47. The van der Waals surface area contributed by atoms with Crippen LogP contribution in [0.3, 0.4) is 0 Å².